The Hall–Kier alpha value is -2.94. The minimum absolute atomic E-state index is 0.124. The van der Waals surface area contributed by atoms with E-state index < -0.39 is 35.4 Å². The third-order valence-electron chi connectivity index (χ3n) is 6.39. The van der Waals surface area contributed by atoms with Gasteiger partial charge in [0.15, 0.2) is 0 Å². The summed E-state index contributed by atoms with van der Waals surface area (Å²) in [6, 6.07) is 12.6. The van der Waals surface area contributed by atoms with Crippen LogP contribution in [0.2, 0.25) is 0 Å². The van der Waals surface area contributed by atoms with Crippen LogP contribution in [0.4, 0.5) is 18.0 Å². The van der Waals surface area contributed by atoms with E-state index in [-0.39, 0.29) is 18.3 Å². The first-order valence-corrected chi connectivity index (χ1v) is 11.6. The molecule has 190 valence electrons. The third kappa shape index (κ3) is 5.66. The highest BCUT2D eigenvalue weighted by molar-refractivity contribution is 5.69. The second-order valence-electron chi connectivity index (χ2n) is 10.1. The Morgan fingerprint density at radius 3 is 2.51 bits per heavy atom. The predicted molar refractivity (Wildman–Crippen MR) is 122 cm³/mol. The zero-order chi connectivity index (χ0) is 25.4. The zero-order valence-corrected chi connectivity index (χ0v) is 20.0. The molecule has 0 radical (unpaired) electrons. The number of amides is 1. The lowest BCUT2D eigenvalue weighted by Crippen LogP contribution is -2.53. The van der Waals surface area contributed by atoms with Crippen LogP contribution in [0.5, 0.6) is 11.5 Å². The van der Waals surface area contributed by atoms with Crippen molar-refractivity contribution in [3.63, 3.8) is 0 Å². The zero-order valence-electron chi connectivity index (χ0n) is 20.0. The van der Waals surface area contributed by atoms with Gasteiger partial charge in [0.1, 0.15) is 17.1 Å². The molecule has 6 nitrogen and oxygen atoms in total. The number of carbonyl (C=O) groups excluding carboxylic acids is 1. The minimum atomic E-state index is -4.84. The van der Waals surface area contributed by atoms with Crippen molar-refractivity contribution >= 4 is 6.09 Å². The molecule has 1 N–H and O–H groups in total. The average Bonchev–Trinajstić information content (AvgIpc) is 3.17. The van der Waals surface area contributed by atoms with E-state index in [0.29, 0.717) is 31.4 Å². The maximum Gasteiger partial charge on any atom is 0.573 e. The number of phenols is 1. The van der Waals surface area contributed by atoms with Crippen molar-refractivity contribution in [2.75, 3.05) is 13.2 Å². The molecule has 2 aliphatic rings. The van der Waals surface area contributed by atoms with Crippen molar-refractivity contribution in [2.24, 2.45) is 0 Å². The van der Waals surface area contributed by atoms with E-state index in [2.05, 4.69) is 4.74 Å². The molecule has 0 aliphatic carbocycles. The molecular weight excluding hydrogens is 463 g/mol. The average molecular weight is 494 g/mol. The number of phenolic OH excluding ortho intramolecular Hbond substituents is 1. The van der Waals surface area contributed by atoms with Gasteiger partial charge in [0, 0.05) is 18.0 Å². The van der Waals surface area contributed by atoms with Crippen LogP contribution >= 0.6 is 0 Å². The number of rotatable bonds is 3. The van der Waals surface area contributed by atoms with E-state index in [9.17, 15) is 23.1 Å². The van der Waals surface area contributed by atoms with Crippen LogP contribution in [0.1, 0.15) is 63.1 Å². The first-order chi connectivity index (χ1) is 16.4. The number of piperidine rings is 1. The number of carbonyl (C=O) groups is 1. The molecular formula is C26H30F3NO5. The standard InChI is InChI=1S/C26H30F3NO5/c1-24(2,3)35-23(32)30-13-7-12-25(22(30)17-8-5-4-6-9-17)15-18(16-33-25)20-14-19(10-11-21(20)31)34-26(27,28)29/h4-6,8-11,14,18,22,31H,7,12-13,15-16H2,1-3H3/t18-,22-,25+/m0/s1. The summed E-state index contributed by atoms with van der Waals surface area (Å²) in [4.78, 5) is 14.9. The van der Waals surface area contributed by atoms with Crippen LogP contribution in [0.15, 0.2) is 48.5 Å². The summed E-state index contributed by atoms with van der Waals surface area (Å²) >= 11 is 0. The summed E-state index contributed by atoms with van der Waals surface area (Å²) in [5, 5.41) is 10.5. The summed E-state index contributed by atoms with van der Waals surface area (Å²) in [6.45, 7) is 6.11. The maximum absolute atomic E-state index is 13.2. The predicted octanol–water partition coefficient (Wildman–Crippen LogP) is 6.31. The fourth-order valence-corrected chi connectivity index (χ4v) is 5.16. The van der Waals surface area contributed by atoms with Gasteiger partial charge in [0.25, 0.3) is 0 Å². The molecule has 2 saturated heterocycles. The van der Waals surface area contributed by atoms with Crippen molar-refractivity contribution in [3.8, 4) is 11.5 Å². The molecule has 2 heterocycles. The summed E-state index contributed by atoms with van der Waals surface area (Å²) < 4.78 is 54.4. The molecule has 2 aliphatic heterocycles. The molecule has 0 aromatic heterocycles. The van der Waals surface area contributed by atoms with Crippen molar-refractivity contribution in [1.82, 2.24) is 4.90 Å². The number of aromatic hydroxyl groups is 1. The Bertz CT molecular complexity index is 1050. The first kappa shape index (κ1) is 25.2. The molecule has 0 bridgehead atoms. The highest BCUT2D eigenvalue weighted by atomic mass is 19.4. The van der Waals surface area contributed by atoms with Gasteiger partial charge in [-0.2, -0.15) is 0 Å². The fraction of sp³-hybridized carbons (Fsp3) is 0.500. The molecule has 35 heavy (non-hydrogen) atoms. The molecule has 4 rings (SSSR count). The van der Waals surface area contributed by atoms with Crippen molar-refractivity contribution in [1.29, 1.82) is 0 Å². The van der Waals surface area contributed by atoms with Crippen LogP contribution in [0.25, 0.3) is 0 Å². The summed E-state index contributed by atoms with van der Waals surface area (Å²) in [6.07, 6.45) is -3.53. The number of hydrogen-bond acceptors (Lipinski definition) is 5. The third-order valence-corrected chi connectivity index (χ3v) is 6.39. The highest BCUT2D eigenvalue weighted by Crippen LogP contribution is 2.52. The SMILES string of the molecule is CC(C)(C)OC(=O)N1CCC[C@@]2(C[C@H](c3cc(OC(F)(F)F)ccc3O)CO2)[C@@H]1c1ccccc1. The van der Waals surface area contributed by atoms with Gasteiger partial charge >= 0.3 is 12.5 Å². The van der Waals surface area contributed by atoms with E-state index in [0.717, 1.165) is 11.6 Å². The van der Waals surface area contributed by atoms with Crippen LogP contribution in [-0.2, 0) is 9.47 Å². The highest BCUT2D eigenvalue weighted by Gasteiger charge is 2.53. The molecule has 9 heteroatoms. The van der Waals surface area contributed by atoms with Gasteiger partial charge in [-0.1, -0.05) is 30.3 Å². The van der Waals surface area contributed by atoms with Gasteiger partial charge in [-0.05, 0) is 63.8 Å². The van der Waals surface area contributed by atoms with Gasteiger partial charge in [-0.15, -0.1) is 13.2 Å². The monoisotopic (exact) mass is 493 g/mol. The lowest BCUT2D eigenvalue weighted by atomic mass is 9.76. The minimum Gasteiger partial charge on any atom is -0.508 e. The van der Waals surface area contributed by atoms with Crippen LogP contribution in [0, 0.1) is 0 Å². The lowest BCUT2D eigenvalue weighted by Gasteiger charge is -2.47. The normalized spacial score (nSPS) is 25.0. The summed E-state index contributed by atoms with van der Waals surface area (Å²) in [5.74, 6) is -0.900. The Kier molecular flexibility index (Phi) is 6.66. The Balaban J connectivity index is 1.67. The largest absolute Gasteiger partial charge is 0.573 e. The van der Waals surface area contributed by atoms with Crippen molar-refractivity contribution in [2.45, 2.75) is 69.6 Å². The van der Waals surface area contributed by atoms with Crippen molar-refractivity contribution in [3.05, 3.63) is 59.7 Å². The Morgan fingerprint density at radius 1 is 1.14 bits per heavy atom. The number of benzene rings is 2. The van der Waals surface area contributed by atoms with Crippen LogP contribution < -0.4 is 4.74 Å². The van der Waals surface area contributed by atoms with Gasteiger partial charge in [0.2, 0.25) is 0 Å². The molecule has 0 unspecified atom stereocenters. The Labute approximate surface area is 202 Å². The number of likely N-dealkylation sites (tertiary alicyclic amines) is 1. The summed E-state index contributed by atoms with van der Waals surface area (Å²) in [7, 11) is 0. The van der Waals surface area contributed by atoms with Gasteiger partial charge < -0.3 is 19.3 Å². The topological polar surface area (TPSA) is 68.2 Å². The molecule has 0 saturated carbocycles. The smallest absolute Gasteiger partial charge is 0.508 e. The molecule has 1 spiro atoms. The second-order valence-corrected chi connectivity index (χ2v) is 10.1. The lowest BCUT2D eigenvalue weighted by molar-refractivity contribution is -0.274. The van der Waals surface area contributed by atoms with Gasteiger partial charge in [0.05, 0.1) is 18.2 Å². The quantitative estimate of drug-likeness (QED) is 0.543. The maximum atomic E-state index is 13.2. The molecule has 1 amide bonds. The molecule has 2 fully saturated rings. The van der Waals surface area contributed by atoms with E-state index in [1.807, 2.05) is 51.1 Å². The van der Waals surface area contributed by atoms with Crippen molar-refractivity contribution < 1.29 is 37.3 Å². The van der Waals surface area contributed by atoms with E-state index >= 15 is 0 Å². The van der Waals surface area contributed by atoms with E-state index in [1.54, 1.807) is 4.90 Å². The van der Waals surface area contributed by atoms with Gasteiger partial charge in [-0.3, -0.25) is 4.90 Å². The van der Waals surface area contributed by atoms with E-state index in [4.69, 9.17) is 9.47 Å². The fourth-order valence-electron chi connectivity index (χ4n) is 5.16. The van der Waals surface area contributed by atoms with Crippen LogP contribution in [0.3, 0.4) is 0 Å². The second kappa shape index (κ2) is 9.26. The number of alkyl halides is 3. The number of nitrogens with zero attached hydrogens (tertiary/aromatic N) is 1. The first-order valence-electron chi connectivity index (χ1n) is 11.6. The number of hydrogen-bond donors (Lipinski definition) is 1. The number of halogens is 3. The number of ether oxygens (including phenoxy) is 3. The van der Waals surface area contributed by atoms with E-state index in [1.165, 1.54) is 12.1 Å². The summed E-state index contributed by atoms with van der Waals surface area (Å²) in [5.41, 5.74) is -0.247. The molecule has 3 atom stereocenters. The Morgan fingerprint density at radius 2 is 1.86 bits per heavy atom. The van der Waals surface area contributed by atoms with Crippen LogP contribution in [-0.4, -0.2) is 46.8 Å². The molecule has 2 aromatic rings. The molecule has 2 aromatic carbocycles. The van der Waals surface area contributed by atoms with Gasteiger partial charge in [-0.25, -0.2) is 4.79 Å².